The third kappa shape index (κ3) is 2.77. The molecular weight excluding hydrogens is 265 g/mol. The van der Waals surface area contributed by atoms with E-state index in [9.17, 15) is 19.3 Å². The number of amides is 1. The van der Waals surface area contributed by atoms with Crippen LogP contribution in [0, 0.1) is 15.9 Å². The molecule has 2 unspecified atom stereocenters. The van der Waals surface area contributed by atoms with Gasteiger partial charge in [0, 0.05) is 25.2 Å². The van der Waals surface area contributed by atoms with E-state index >= 15 is 0 Å². The van der Waals surface area contributed by atoms with Gasteiger partial charge in [-0.3, -0.25) is 14.9 Å². The molecule has 2 rings (SSSR count). The van der Waals surface area contributed by atoms with E-state index in [1.54, 1.807) is 4.90 Å². The first kappa shape index (κ1) is 14.4. The molecule has 0 bridgehead atoms. The average Bonchev–Trinajstić information content (AvgIpc) is 2.40. The molecular formula is C13H16FN3O3. The van der Waals surface area contributed by atoms with Crippen LogP contribution < -0.4 is 5.32 Å². The normalized spacial score (nSPS) is 22.6. The van der Waals surface area contributed by atoms with E-state index in [4.69, 9.17) is 0 Å². The predicted octanol–water partition coefficient (Wildman–Crippen LogP) is 1.56. The summed E-state index contributed by atoms with van der Waals surface area (Å²) in [7, 11) is 0. The first-order valence-electron chi connectivity index (χ1n) is 6.38. The van der Waals surface area contributed by atoms with Crippen LogP contribution in [0.2, 0.25) is 0 Å². The second-order valence-corrected chi connectivity index (χ2v) is 5.03. The van der Waals surface area contributed by atoms with Crippen molar-refractivity contribution in [2.45, 2.75) is 25.9 Å². The van der Waals surface area contributed by atoms with Crippen molar-refractivity contribution in [1.82, 2.24) is 10.2 Å². The van der Waals surface area contributed by atoms with Gasteiger partial charge in [0.1, 0.15) is 11.4 Å². The molecule has 1 saturated heterocycles. The summed E-state index contributed by atoms with van der Waals surface area (Å²) in [5, 5.41) is 14.2. The standard InChI is InChI=1S/C13H16FN3O3/c1-8-7-16(9(2)6-15-8)13(18)11-4-3-10(14)5-12(11)17(19)20/h3-5,8-9,15H,6-7H2,1-2H3. The van der Waals surface area contributed by atoms with E-state index in [0.29, 0.717) is 13.1 Å². The van der Waals surface area contributed by atoms with Crippen molar-refractivity contribution >= 4 is 11.6 Å². The van der Waals surface area contributed by atoms with Gasteiger partial charge in [0.15, 0.2) is 0 Å². The maximum atomic E-state index is 13.1. The number of nitrogens with one attached hydrogen (secondary N) is 1. The molecule has 0 radical (unpaired) electrons. The number of benzene rings is 1. The van der Waals surface area contributed by atoms with Crippen molar-refractivity contribution in [2.24, 2.45) is 0 Å². The number of carbonyl (C=O) groups is 1. The molecule has 1 N–H and O–H groups in total. The lowest BCUT2D eigenvalue weighted by Crippen LogP contribution is -2.56. The summed E-state index contributed by atoms with van der Waals surface area (Å²) in [6.07, 6.45) is 0. The summed E-state index contributed by atoms with van der Waals surface area (Å²) in [5.41, 5.74) is -0.564. The summed E-state index contributed by atoms with van der Waals surface area (Å²) >= 11 is 0. The van der Waals surface area contributed by atoms with Crippen LogP contribution in [0.3, 0.4) is 0 Å². The Kier molecular flexibility index (Phi) is 3.99. The molecule has 1 aromatic rings. The fourth-order valence-corrected chi connectivity index (χ4v) is 2.30. The van der Waals surface area contributed by atoms with Gasteiger partial charge in [-0.2, -0.15) is 0 Å². The van der Waals surface area contributed by atoms with Gasteiger partial charge in [-0.15, -0.1) is 0 Å². The first-order valence-corrected chi connectivity index (χ1v) is 6.38. The van der Waals surface area contributed by atoms with E-state index in [-0.39, 0.29) is 17.6 Å². The van der Waals surface area contributed by atoms with Crippen LogP contribution >= 0.6 is 0 Å². The lowest BCUT2D eigenvalue weighted by Gasteiger charge is -2.37. The van der Waals surface area contributed by atoms with Crippen molar-refractivity contribution in [2.75, 3.05) is 13.1 Å². The Labute approximate surface area is 115 Å². The van der Waals surface area contributed by atoms with Gasteiger partial charge in [0.25, 0.3) is 11.6 Å². The van der Waals surface area contributed by atoms with Crippen LogP contribution in [-0.4, -0.2) is 40.9 Å². The molecule has 1 amide bonds. The summed E-state index contributed by atoms with van der Waals surface area (Å²) in [6, 6.07) is 3.08. The number of nitrogens with zero attached hydrogens (tertiary/aromatic N) is 2. The molecule has 7 heteroatoms. The van der Waals surface area contributed by atoms with E-state index in [1.165, 1.54) is 6.07 Å². The quantitative estimate of drug-likeness (QED) is 0.659. The maximum Gasteiger partial charge on any atom is 0.285 e. The van der Waals surface area contributed by atoms with Crippen LogP contribution in [0.4, 0.5) is 10.1 Å². The zero-order chi connectivity index (χ0) is 14.9. The zero-order valence-corrected chi connectivity index (χ0v) is 11.3. The molecule has 1 aliphatic heterocycles. The lowest BCUT2D eigenvalue weighted by atomic mass is 10.1. The molecule has 1 fully saturated rings. The van der Waals surface area contributed by atoms with Crippen LogP contribution in [0.1, 0.15) is 24.2 Å². The van der Waals surface area contributed by atoms with Crippen LogP contribution in [-0.2, 0) is 0 Å². The number of hydrogen-bond donors (Lipinski definition) is 1. The van der Waals surface area contributed by atoms with Gasteiger partial charge in [0.05, 0.1) is 11.0 Å². The molecule has 1 aliphatic rings. The van der Waals surface area contributed by atoms with Gasteiger partial charge in [-0.1, -0.05) is 0 Å². The summed E-state index contributed by atoms with van der Waals surface area (Å²) in [5.74, 6) is -1.16. The lowest BCUT2D eigenvalue weighted by molar-refractivity contribution is -0.385. The van der Waals surface area contributed by atoms with Crippen molar-refractivity contribution in [3.05, 3.63) is 39.7 Å². The number of piperazine rings is 1. The molecule has 0 aliphatic carbocycles. The molecule has 0 aromatic heterocycles. The van der Waals surface area contributed by atoms with Crippen molar-refractivity contribution in [1.29, 1.82) is 0 Å². The van der Waals surface area contributed by atoms with Crippen molar-refractivity contribution in [3.63, 3.8) is 0 Å². The third-order valence-electron chi connectivity index (χ3n) is 3.41. The topological polar surface area (TPSA) is 75.5 Å². The minimum Gasteiger partial charge on any atom is -0.333 e. The fourth-order valence-electron chi connectivity index (χ4n) is 2.30. The van der Waals surface area contributed by atoms with Gasteiger partial charge in [-0.05, 0) is 26.0 Å². The highest BCUT2D eigenvalue weighted by molar-refractivity contribution is 5.98. The third-order valence-corrected chi connectivity index (χ3v) is 3.41. The Morgan fingerprint density at radius 1 is 1.50 bits per heavy atom. The molecule has 20 heavy (non-hydrogen) atoms. The zero-order valence-electron chi connectivity index (χ0n) is 11.3. The second kappa shape index (κ2) is 5.54. The maximum absolute atomic E-state index is 13.1. The molecule has 108 valence electrons. The molecule has 2 atom stereocenters. The number of carbonyl (C=O) groups excluding carboxylic acids is 1. The number of nitro groups is 1. The van der Waals surface area contributed by atoms with Gasteiger partial charge >= 0.3 is 0 Å². The second-order valence-electron chi connectivity index (χ2n) is 5.03. The van der Waals surface area contributed by atoms with E-state index in [2.05, 4.69) is 5.32 Å². The Morgan fingerprint density at radius 2 is 2.20 bits per heavy atom. The Morgan fingerprint density at radius 3 is 2.85 bits per heavy atom. The summed E-state index contributed by atoms with van der Waals surface area (Å²) < 4.78 is 13.1. The molecule has 6 nitrogen and oxygen atoms in total. The van der Waals surface area contributed by atoms with Gasteiger partial charge < -0.3 is 10.2 Å². The molecule has 1 aromatic carbocycles. The number of rotatable bonds is 2. The largest absolute Gasteiger partial charge is 0.333 e. The molecule has 1 heterocycles. The number of halogens is 1. The summed E-state index contributed by atoms with van der Waals surface area (Å²) in [6.45, 7) is 4.90. The first-order chi connectivity index (χ1) is 9.40. The van der Waals surface area contributed by atoms with Crippen LogP contribution in [0.25, 0.3) is 0 Å². The minimum absolute atomic E-state index is 0.0663. The van der Waals surface area contributed by atoms with E-state index in [1.807, 2.05) is 13.8 Å². The van der Waals surface area contributed by atoms with Crippen molar-refractivity contribution < 1.29 is 14.1 Å². The average molecular weight is 281 g/mol. The summed E-state index contributed by atoms with van der Waals surface area (Å²) in [4.78, 5) is 24.3. The fraction of sp³-hybridized carbons (Fsp3) is 0.462. The van der Waals surface area contributed by atoms with Crippen LogP contribution in [0.15, 0.2) is 18.2 Å². The van der Waals surface area contributed by atoms with E-state index in [0.717, 1.165) is 12.1 Å². The van der Waals surface area contributed by atoms with Crippen LogP contribution in [0.5, 0.6) is 0 Å². The highest BCUT2D eigenvalue weighted by Crippen LogP contribution is 2.23. The Hall–Kier alpha value is -2.02. The highest BCUT2D eigenvalue weighted by atomic mass is 19.1. The Bertz CT molecular complexity index is 550. The van der Waals surface area contributed by atoms with E-state index < -0.39 is 22.3 Å². The number of hydrogen-bond acceptors (Lipinski definition) is 4. The monoisotopic (exact) mass is 281 g/mol. The number of nitro benzene ring substituents is 1. The SMILES string of the molecule is CC1CN(C(=O)c2ccc(F)cc2[N+](=O)[O-])C(C)CN1. The smallest absolute Gasteiger partial charge is 0.285 e. The van der Waals surface area contributed by atoms with Gasteiger partial charge in [0.2, 0.25) is 0 Å². The Balaban J connectivity index is 2.35. The highest BCUT2D eigenvalue weighted by Gasteiger charge is 2.31. The van der Waals surface area contributed by atoms with Gasteiger partial charge in [-0.25, -0.2) is 4.39 Å². The molecule has 0 saturated carbocycles. The minimum atomic E-state index is -0.730. The van der Waals surface area contributed by atoms with Crippen molar-refractivity contribution in [3.8, 4) is 0 Å². The molecule has 0 spiro atoms. The predicted molar refractivity (Wildman–Crippen MR) is 71.0 cm³/mol.